The van der Waals surface area contributed by atoms with E-state index in [-0.39, 0.29) is 5.57 Å². The van der Waals surface area contributed by atoms with Crippen LogP contribution in [0.25, 0.3) is 0 Å². The van der Waals surface area contributed by atoms with Gasteiger partial charge in [-0.1, -0.05) is 22.8 Å². The fourth-order valence-electron chi connectivity index (χ4n) is 1.65. The molecular formula is C15H13ClN4O2. The minimum atomic E-state index is -0.541. The lowest BCUT2D eigenvalue weighted by Gasteiger charge is -2.08. The van der Waals surface area contributed by atoms with Gasteiger partial charge in [0.05, 0.1) is 0 Å². The van der Waals surface area contributed by atoms with Crippen LogP contribution in [0.3, 0.4) is 0 Å². The number of hydrogen-bond acceptors (Lipinski definition) is 5. The molecule has 0 bridgehead atoms. The van der Waals surface area contributed by atoms with E-state index in [2.05, 4.69) is 15.8 Å². The van der Waals surface area contributed by atoms with Crippen LogP contribution >= 0.6 is 11.6 Å². The summed E-state index contributed by atoms with van der Waals surface area (Å²) in [5.41, 5.74) is 1.30. The third-order valence-corrected chi connectivity index (χ3v) is 3.04. The van der Waals surface area contributed by atoms with Crippen molar-refractivity contribution in [2.45, 2.75) is 13.8 Å². The van der Waals surface area contributed by atoms with E-state index < -0.39 is 5.91 Å². The van der Waals surface area contributed by atoms with Crippen molar-refractivity contribution in [1.82, 2.24) is 5.16 Å². The summed E-state index contributed by atoms with van der Waals surface area (Å²) >= 11 is 5.90. The quantitative estimate of drug-likeness (QED) is 0.666. The molecule has 0 aliphatic rings. The summed E-state index contributed by atoms with van der Waals surface area (Å²) in [6.45, 7) is 3.57. The number of halogens is 1. The van der Waals surface area contributed by atoms with Crippen molar-refractivity contribution in [3.8, 4) is 6.07 Å². The number of aromatic nitrogens is 1. The highest BCUT2D eigenvalue weighted by atomic mass is 35.5. The van der Waals surface area contributed by atoms with Crippen molar-refractivity contribution in [1.29, 1.82) is 5.26 Å². The van der Waals surface area contributed by atoms with E-state index in [0.29, 0.717) is 22.3 Å². The minimum Gasteiger partial charge on any atom is -0.360 e. The Bertz CT molecular complexity index is 774. The lowest BCUT2D eigenvalue weighted by Crippen LogP contribution is -2.15. The molecule has 0 saturated carbocycles. The summed E-state index contributed by atoms with van der Waals surface area (Å²) in [6, 6.07) is 8.60. The van der Waals surface area contributed by atoms with Crippen molar-refractivity contribution in [2.75, 3.05) is 10.6 Å². The molecule has 1 aromatic heterocycles. The Labute approximate surface area is 132 Å². The number of nitrogens with zero attached hydrogens (tertiary/aromatic N) is 2. The van der Waals surface area contributed by atoms with Crippen LogP contribution in [0.2, 0.25) is 5.02 Å². The third-order valence-electron chi connectivity index (χ3n) is 2.81. The second-order valence-electron chi connectivity index (χ2n) is 4.55. The second-order valence-corrected chi connectivity index (χ2v) is 4.99. The van der Waals surface area contributed by atoms with Crippen LogP contribution in [0, 0.1) is 25.2 Å². The van der Waals surface area contributed by atoms with Gasteiger partial charge < -0.3 is 15.2 Å². The maximum atomic E-state index is 12.1. The lowest BCUT2D eigenvalue weighted by molar-refractivity contribution is -0.112. The molecule has 0 aliphatic heterocycles. The molecular weight excluding hydrogens is 304 g/mol. The van der Waals surface area contributed by atoms with Crippen molar-refractivity contribution < 1.29 is 9.32 Å². The molecule has 7 heteroatoms. The molecule has 1 aromatic carbocycles. The molecule has 112 valence electrons. The maximum Gasteiger partial charge on any atom is 0.267 e. The molecule has 0 spiro atoms. The zero-order valence-electron chi connectivity index (χ0n) is 12.0. The number of nitriles is 1. The molecule has 0 radical (unpaired) electrons. The van der Waals surface area contributed by atoms with Gasteiger partial charge in [0.2, 0.25) is 0 Å². The standard InChI is InChI=1S/C15H13ClN4O2/c1-9-3-4-12(16)6-13(9)19-15(21)11(7-17)8-18-14-5-10(2)22-20-14/h3-6,8H,1-2H3,(H,18,20)(H,19,21)/b11-8-. The van der Waals surface area contributed by atoms with E-state index in [4.69, 9.17) is 21.4 Å². The summed E-state index contributed by atoms with van der Waals surface area (Å²) in [5, 5.41) is 18.7. The Morgan fingerprint density at radius 3 is 2.82 bits per heavy atom. The Balaban J connectivity index is 2.12. The molecule has 2 N–H and O–H groups in total. The Hall–Kier alpha value is -2.78. The van der Waals surface area contributed by atoms with Gasteiger partial charge in [0.15, 0.2) is 5.82 Å². The van der Waals surface area contributed by atoms with Crippen LogP contribution in [0.5, 0.6) is 0 Å². The first-order chi connectivity index (χ1) is 10.5. The van der Waals surface area contributed by atoms with Crippen LogP contribution < -0.4 is 10.6 Å². The van der Waals surface area contributed by atoms with Crippen molar-refractivity contribution in [2.24, 2.45) is 0 Å². The summed E-state index contributed by atoms with van der Waals surface area (Å²) in [6.07, 6.45) is 1.27. The number of hydrogen-bond donors (Lipinski definition) is 2. The molecule has 0 saturated heterocycles. The van der Waals surface area contributed by atoms with Crippen molar-refractivity contribution in [3.63, 3.8) is 0 Å². The first kappa shape index (κ1) is 15.6. The van der Waals surface area contributed by atoms with Gasteiger partial charge in [-0.2, -0.15) is 5.26 Å². The van der Waals surface area contributed by atoms with Gasteiger partial charge in [-0.25, -0.2) is 0 Å². The zero-order chi connectivity index (χ0) is 16.1. The van der Waals surface area contributed by atoms with E-state index in [1.165, 1.54) is 6.20 Å². The van der Waals surface area contributed by atoms with Crippen LogP contribution in [-0.4, -0.2) is 11.1 Å². The predicted molar refractivity (Wildman–Crippen MR) is 83.4 cm³/mol. The fourth-order valence-corrected chi connectivity index (χ4v) is 1.82. The third kappa shape index (κ3) is 3.87. The first-order valence-corrected chi connectivity index (χ1v) is 6.75. The van der Waals surface area contributed by atoms with Crippen molar-refractivity contribution >= 4 is 29.0 Å². The van der Waals surface area contributed by atoms with E-state index >= 15 is 0 Å². The highest BCUT2D eigenvalue weighted by molar-refractivity contribution is 6.31. The van der Waals surface area contributed by atoms with E-state index in [1.807, 2.05) is 13.0 Å². The monoisotopic (exact) mass is 316 g/mol. The number of rotatable bonds is 4. The molecule has 1 heterocycles. The van der Waals surface area contributed by atoms with E-state index in [1.54, 1.807) is 31.2 Å². The largest absolute Gasteiger partial charge is 0.360 e. The molecule has 22 heavy (non-hydrogen) atoms. The highest BCUT2D eigenvalue weighted by Crippen LogP contribution is 2.20. The average Bonchev–Trinajstić information content (AvgIpc) is 2.89. The van der Waals surface area contributed by atoms with Gasteiger partial charge in [-0.3, -0.25) is 4.79 Å². The topological polar surface area (TPSA) is 91.0 Å². The van der Waals surface area contributed by atoms with Gasteiger partial charge in [-0.05, 0) is 31.5 Å². The number of benzene rings is 1. The lowest BCUT2D eigenvalue weighted by atomic mass is 10.2. The van der Waals surface area contributed by atoms with Gasteiger partial charge in [0, 0.05) is 23.0 Å². The Morgan fingerprint density at radius 2 is 2.18 bits per heavy atom. The maximum absolute atomic E-state index is 12.1. The Kier molecular flexibility index (Phi) is 4.81. The molecule has 2 aromatic rings. The predicted octanol–water partition coefficient (Wildman–Crippen LogP) is 3.40. The van der Waals surface area contributed by atoms with E-state index in [0.717, 1.165) is 5.56 Å². The van der Waals surface area contributed by atoms with Gasteiger partial charge >= 0.3 is 0 Å². The number of carbonyl (C=O) groups is 1. The van der Waals surface area contributed by atoms with Crippen molar-refractivity contribution in [3.05, 3.63) is 52.4 Å². The van der Waals surface area contributed by atoms with Crippen LogP contribution in [0.1, 0.15) is 11.3 Å². The molecule has 0 aliphatic carbocycles. The molecule has 0 unspecified atom stereocenters. The number of aryl methyl sites for hydroxylation is 2. The number of amides is 1. The number of anilines is 2. The zero-order valence-corrected chi connectivity index (χ0v) is 12.7. The first-order valence-electron chi connectivity index (χ1n) is 6.37. The molecule has 6 nitrogen and oxygen atoms in total. The summed E-state index contributed by atoms with van der Waals surface area (Å²) in [7, 11) is 0. The Morgan fingerprint density at radius 1 is 1.41 bits per heavy atom. The summed E-state index contributed by atoms with van der Waals surface area (Å²) in [5.74, 6) is 0.492. The smallest absolute Gasteiger partial charge is 0.267 e. The molecule has 0 atom stereocenters. The van der Waals surface area contributed by atoms with Crippen LogP contribution in [0.15, 0.2) is 40.6 Å². The van der Waals surface area contributed by atoms with Gasteiger partial charge in [0.25, 0.3) is 5.91 Å². The molecule has 2 rings (SSSR count). The minimum absolute atomic E-state index is 0.0972. The van der Waals surface area contributed by atoms with Crippen LogP contribution in [0.4, 0.5) is 11.5 Å². The average molecular weight is 317 g/mol. The highest BCUT2D eigenvalue weighted by Gasteiger charge is 2.11. The second kappa shape index (κ2) is 6.78. The molecule has 1 amide bonds. The van der Waals surface area contributed by atoms with Crippen LogP contribution in [-0.2, 0) is 4.79 Å². The number of carbonyl (C=O) groups excluding carboxylic acids is 1. The summed E-state index contributed by atoms with van der Waals surface area (Å²) < 4.78 is 4.88. The van der Waals surface area contributed by atoms with E-state index in [9.17, 15) is 4.79 Å². The molecule has 0 fully saturated rings. The van der Waals surface area contributed by atoms with Gasteiger partial charge in [0.1, 0.15) is 17.4 Å². The fraction of sp³-hybridized carbons (Fsp3) is 0.133. The van der Waals surface area contributed by atoms with Gasteiger partial charge in [-0.15, -0.1) is 0 Å². The summed E-state index contributed by atoms with van der Waals surface area (Å²) in [4.78, 5) is 12.1. The SMILES string of the molecule is Cc1cc(N/C=C(/C#N)C(=O)Nc2cc(Cl)ccc2C)no1. The number of nitrogens with one attached hydrogen (secondary N) is 2. The normalized spacial score (nSPS) is 10.9.